The van der Waals surface area contributed by atoms with Crippen molar-refractivity contribution < 1.29 is 29.0 Å². The average molecular weight is 547 g/mol. The first-order valence-corrected chi connectivity index (χ1v) is 12.4. The zero-order valence-electron chi connectivity index (χ0n) is 20.6. The van der Waals surface area contributed by atoms with Crippen LogP contribution in [0.1, 0.15) is 12.5 Å². The molecule has 0 aliphatic rings. The van der Waals surface area contributed by atoms with Gasteiger partial charge in [-0.3, -0.25) is 4.79 Å². The molecule has 4 N–H and O–H groups in total. The lowest BCUT2D eigenvalue weighted by Crippen LogP contribution is -2.47. The number of aromatic nitrogens is 1. The van der Waals surface area contributed by atoms with Crippen molar-refractivity contribution in [3.8, 4) is 22.6 Å². The van der Waals surface area contributed by atoms with E-state index in [1.165, 1.54) is 25.1 Å². The molecule has 39 heavy (non-hydrogen) atoms. The predicted octanol–water partition coefficient (Wildman–Crippen LogP) is 4.88. The van der Waals surface area contributed by atoms with E-state index in [0.29, 0.717) is 32.5 Å². The highest BCUT2D eigenvalue weighted by Crippen LogP contribution is 2.26. The molecule has 0 bridgehead atoms. The fourth-order valence-electron chi connectivity index (χ4n) is 4.30. The minimum absolute atomic E-state index is 0.00562. The Labute approximate surface area is 226 Å². The van der Waals surface area contributed by atoms with E-state index in [-0.39, 0.29) is 23.5 Å². The van der Waals surface area contributed by atoms with E-state index in [1.807, 2.05) is 0 Å². The van der Waals surface area contributed by atoms with Crippen LogP contribution < -0.4 is 15.7 Å². The molecule has 2 heterocycles. The summed E-state index contributed by atoms with van der Waals surface area (Å²) in [7, 11) is 0. The smallest absolute Gasteiger partial charge is 0.344 e. The number of amides is 1. The monoisotopic (exact) mass is 546 g/mol. The molecule has 2 aromatic heterocycles. The number of phenols is 1. The van der Waals surface area contributed by atoms with Gasteiger partial charge >= 0.3 is 11.6 Å². The van der Waals surface area contributed by atoms with Gasteiger partial charge in [0.1, 0.15) is 23.1 Å². The highest BCUT2D eigenvalue weighted by molar-refractivity contribution is 6.30. The number of carbonyl (C=O) groups excluding carboxylic acids is 1. The van der Waals surface area contributed by atoms with Crippen LogP contribution in [0.2, 0.25) is 5.02 Å². The number of aliphatic carboxylic acids is 1. The van der Waals surface area contributed by atoms with Crippen molar-refractivity contribution in [1.82, 2.24) is 10.3 Å². The minimum Gasteiger partial charge on any atom is -0.508 e. The minimum atomic E-state index is -1.23. The topological polar surface area (TPSA) is 142 Å². The largest absolute Gasteiger partial charge is 0.508 e. The molecule has 1 amide bonds. The maximum Gasteiger partial charge on any atom is 0.344 e. The molecule has 10 heteroatoms. The van der Waals surface area contributed by atoms with Gasteiger partial charge in [-0.15, -0.1) is 0 Å². The van der Waals surface area contributed by atoms with E-state index < -0.39 is 29.6 Å². The molecule has 0 aliphatic carbocycles. The summed E-state index contributed by atoms with van der Waals surface area (Å²) in [5, 5.41) is 23.9. The van der Waals surface area contributed by atoms with Crippen molar-refractivity contribution in [2.45, 2.75) is 25.5 Å². The number of carboxylic acids is 1. The molecule has 0 saturated carbocycles. The Morgan fingerprint density at radius 3 is 2.59 bits per heavy atom. The molecule has 0 saturated heterocycles. The van der Waals surface area contributed by atoms with E-state index in [4.69, 9.17) is 20.8 Å². The van der Waals surface area contributed by atoms with E-state index >= 15 is 0 Å². The average Bonchev–Trinajstić information content (AvgIpc) is 3.29. The first-order valence-electron chi connectivity index (χ1n) is 12.0. The third kappa shape index (κ3) is 5.58. The maximum absolute atomic E-state index is 12.8. The standard InChI is InChI=1S/C29H23ClN2O7/c1-15(27(34)32-25(28(35)36)11-18-14-31-24-9-7-20(33)12-22(18)24)38-21-8-4-17-10-23(29(37)39-26(17)13-21)16-2-5-19(30)6-3-16/h2-10,12-15,25,31,33H,11H2,1H3,(H,32,34)(H,35,36)/t15?,25-/m0/s1. The number of aromatic amines is 1. The van der Waals surface area contributed by atoms with Crippen LogP contribution in [0.3, 0.4) is 0 Å². The lowest BCUT2D eigenvalue weighted by Gasteiger charge is -2.19. The number of rotatable bonds is 8. The number of benzene rings is 3. The number of aromatic hydroxyl groups is 1. The molecule has 198 valence electrons. The summed E-state index contributed by atoms with van der Waals surface area (Å²) < 4.78 is 11.2. The van der Waals surface area contributed by atoms with Gasteiger partial charge in [-0.2, -0.15) is 0 Å². The Hall–Kier alpha value is -4.76. The van der Waals surface area contributed by atoms with Gasteiger partial charge in [-0.05, 0) is 66.6 Å². The molecular formula is C29H23ClN2O7. The van der Waals surface area contributed by atoms with Gasteiger partial charge in [-0.1, -0.05) is 23.7 Å². The molecular weight excluding hydrogens is 524 g/mol. The summed E-state index contributed by atoms with van der Waals surface area (Å²) in [5.74, 6) is -1.53. The number of carbonyl (C=O) groups is 2. The van der Waals surface area contributed by atoms with Crippen LogP contribution in [0.25, 0.3) is 33.0 Å². The normalized spacial score (nSPS) is 12.8. The van der Waals surface area contributed by atoms with Gasteiger partial charge in [0.25, 0.3) is 5.91 Å². The lowest BCUT2D eigenvalue weighted by molar-refractivity contribution is -0.142. The molecule has 2 atom stereocenters. The molecule has 1 unspecified atom stereocenters. The van der Waals surface area contributed by atoms with Gasteiger partial charge in [0.05, 0.1) is 5.56 Å². The molecule has 0 radical (unpaired) electrons. The second-order valence-electron chi connectivity index (χ2n) is 9.06. The van der Waals surface area contributed by atoms with Crippen molar-refractivity contribution in [2.24, 2.45) is 0 Å². The fraction of sp³-hybridized carbons (Fsp3) is 0.138. The van der Waals surface area contributed by atoms with Crippen LogP contribution in [0.4, 0.5) is 0 Å². The summed E-state index contributed by atoms with van der Waals surface area (Å²) in [6.07, 6.45) is 0.596. The fourth-order valence-corrected chi connectivity index (χ4v) is 4.42. The van der Waals surface area contributed by atoms with Crippen molar-refractivity contribution in [1.29, 1.82) is 0 Å². The summed E-state index contributed by atoms with van der Waals surface area (Å²) >= 11 is 5.93. The van der Waals surface area contributed by atoms with Gasteiger partial charge in [0, 0.05) is 40.0 Å². The van der Waals surface area contributed by atoms with Gasteiger partial charge < -0.3 is 29.7 Å². The Balaban J connectivity index is 1.29. The molecule has 5 rings (SSSR count). The zero-order valence-corrected chi connectivity index (χ0v) is 21.4. The number of hydrogen-bond acceptors (Lipinski definition) is 6. The number of hydrogen-bond donors (Lipinski definition) is 4. The molecule has 0 spiro atoms. The van der Waals surface area contributed by atoms with Crippen molar-refractivity contribution in [2.75, 3.05) is 0 Å². The van der Waals surface area contributed by atoms with Crippen molar-refractivity contribution in [3.05, 3.63) is 93.9 Å². The van der Waals surface area contributed by atoms with Crippen LogP contribution >= 0.6 is 11.6 Å². The molecule has 5 aromatic rings. The van der Waals surface area contributed by atoms with Crippen LogP contribution in [0.15, 0.2) is 82.1 Å². The number of H-pyrrole nitrogens is 1. The summed E-state index contributed by atoms with van der Waals surface area (Å²) in [6.45, 7) is 1.49. The molecule has 9 nitrogen and oxygen atoms in total. The first-order chi connectivity index (χ1) is 18.7. The molecule has 0 fully saturated rings. The zero-order chi connectivity index (χ0) is 27.7. The second-order valence-corrected chi connectivity index (χ2v) is 9.50. The first kappa shape index (κ1) is 25.9. The Bertz CT molecular complexity index is 1760. The number of phenolic OH excluding ortho intramolecular Hbond substituents is 1. The van der Waals surface area contributed by atoms with E-state index in [9.17, 15) is 24.6 Å². The predicted molar refractivity (Wildman–Crippen MR) is 146 cm³/mol. The number of halogens is 1. The van der Waals surface area contributed by atoms with Crippen LogP contribution in [0.5, 0.6) is 11.5 Å². The maximum atomic E-state index is 12.8. The Morgan fingerprint density at radius 1 is 1.08 bits per heavy atom. The van der Waals surface area contributed by atoms with Gasteiger partial charge in [0.15, 0.2) is 6.10 Å². The Kier molecular flexibility index (Phi) is 7.00. The van der Waals surface area contributed by atoms with Crippen LogP contribution in [-0.4, -0.2) is 39.2 Å². The second kappa shape index (κ2) is 10.5. The van der Waals surface area contributed by atoms with Gasteiger partial charge in [0.2, 0.25) is 0 Å². The third-order valence-corrected chi connectivity index (χ3v) is 6.59. The lowest BCUT2D eigenvalue weighted by atomic mass is 10.0. The number of ether oxygens (including phenoxy) is 1. The van der Waals surface area contributed by atoms with Crippen molar-refractivity contribution >= 4 is 45.3 Å². The van der Waals surface area contributed by atoms with Crippen molar-refractivity contribution in [3.63, 3.8) is 0 Å². The van der Waals surface area contributed by atoms with E-state index in [2.05, 4.69) is 10.3 Å². The molecule has 3 aromatic carbocycles. The highest BCUT2D eigenvalue weighted by Gasteiger charge is 2.25. The summed E-state index contributed by atoms with van der Waals surface area (Å²) in [5.41, 5.74) is 2.14. The van der Waals surface area contributed by atoms with Gasteiger partial charge in [-0.25, -0.2) is 9.59 Å². The number of fused-ring (bicyclic) bond motifs is 2. The van der Waals surface area contributed by atoms with E-state index in [0.717, 1.165) is 5.52 Å². The number of nitrogens with one attached hydrogen (secondary N) is 2. The Morgan fingerprint density at radius 2 is 1.85 bits per heavy atom. The highest BCUT2D eigenvalue weighted by atomic mass is 35.5. The van der Waals surface area contributed by atoms with Crippen LogP contribution in [0, 0.1) is 0 Å². The summed E-state index contributed by atoms with van der Waals surface area (Å²) in [4.78, 5) is 40.4. The SMILES string of the molecule is CC(Oc1ccc2cc(-c3ccc(Cl)cc3)c(=O)oc2c1)C(=O)N[C@@H](Cc1c[nH]c2ccc(O)cc12)C(=O)O. The quantitative estimate of drug-likeness (QED) is 0.203. The summed E-state index contributed by atoms with van der Waals surface area (Å²) in [6, 6.07) is 16.9. The molecule has 0 aliphatic heterocycles. The third-order valence-electron chi connectivity index (χ3n) is 6.33. The number of carboxylic acid groups (broad SMARTS) is 1. The van der Waals surface area contributed by atoms with E-state index in [1.54, 1.807) is 54.7 Å². The van der Waals surface area contributed by atoms with Crippen LogP contribution in [-0.2, 0) is 16.0 Å².